The zero-order chi connectivity index (χ0) is 15.2. The number of rotatable bonds is 6. The molecule has 1 unspecified atom stereocenters. The molecule has 0 aromatic heterocycles. The maximum absolute atomic E-state index is 6.21. The monoisotopic (exact) mass is 329 g/mol. The molecule has 0 amide bonds. The summed E-state index contributed by atoms with van der Waals surface area (Å²) in [6, 6.07) is 6.50. The van der Waals surface area contributed by atoms with E-state index in [0.717, 1.165) is 39.1 Å². The molecule has 3 nitrogen and oxygen atoms in total. The van der Waals surface area contributed by atoms with Crippen LogP contribution in [0.25, 0.3) is 0 Å². The van der Waals surface area contributed by atoms with Crippen LogP contribution < -0.4 is 5.32 Å². The number of nitrogens with one attached hydrogen (secondary N) is 1. The average molecular weight is 330 g/mol. The van der Waals surface area contributed by atoms with Crippen molar-refractivity contribution in [1.82, 2.24) is 15.1 Å². The lowest BCUT2D eigenvalue weighted by Gasteiger charge is -2.35. The third kappa shape index (κ3) is 5.11. The summed E-state index contributed by atoms with van der Waals surface area (Å²) in [7, 11) is 4.25. The Morgan fingerprint density at radius 1 is 1.19 bits per heavy atom. The molecule has 0 bridgehead atoms. The first-order valence-electron chi connectivity index (χ1n) is 7.62. The number of hydrogen-bond acceptors (Lipinski definition) is 3. The molecule has 0 radical (unpaired) electrons. The van der Waals surface area contributed by atoms with Gasteiger partial charge in [-0.2, -0.15) is 0 Å². The van der Waals surface area contributed by atoms with Gasteiger partial charge in [0.05, 0.1) is 10.0 Å². The van der Waals surface area contributed by atoms with Crippen LogP contribution in [0.4, 0.5) is 0 Å². The van der Waals surface area contributed by atoms with Gasteiger partial charge in [0.1, 0.15) is 0 Å². The highest BCUT2D eigenvalue weighted by Gasteiger charge is 2.22. The molecule has 1 N–H and O–H groups in total. The quantitative estimate of drug-likeness (QED) is 0.864. The van der Waals surface area contributed by atoms with Gasteiger partial charge in [-0.1, -0.05) is 29.3 Å². The fourth-order valence-corrected chi connectivity index (χ4v) is 3.18. The molecular weight excluding hydrogens is 305 g/mol. The van der Waals surface area contributed by atoms with Crippen molar-refractivity contribution in [3.8, 4) is 0 Å². The maximum Gasteiger partial charge on any atom is 0.0595 e. The van der Waals surface area contributed by atoms with Gasteiger partial charge in [-0.15, -0.1) is 0 Å². The Kier molecular flexibility index (Phi) is 6.77. The zero-order valence-electron chi connectivity index (χ0n) is 12.9. The molecule has 1 aromatic rings. The first-order valence-corrected chi connectivity index (χ1v) is 8.38. The Morgan fingerprint density at radius 3 is 2.52 bits per heavy atom. The van der Waals surface area contributed by atoms with E-state index in [9.17, 15) is 0 Å². The van der Waals surface area contributed by atoms with Gasteiger partial charge in [0.15, 0.2) is 0 Å². The predicted octanol–water partition coefficient (Wildman–Crippen LogP) is 3.28. The second kappa shape index (κ2) is 8.35. The van der Waals surface area contributed by atoms with Crippen LogP contribution >= 0.6 is 23.2 Å². The Labute approximate surface area is 138 Å². The number of piperazine rings is 1. The highest BCUT2D eigenvalue weighted by atomic mass is 35.5. The summed E-state index contributed by atoms with van der Waals surface area (Å²) in [5.74, 6) is 0. The van der Waals surface area contributed by atoms with E-state index in [4.69, 9.17) is 23.2 Å². The topological polar surface area (TPSA) is 18.5 Å². The molecular formula is C16H25Cl2N3. The fourth-order valence-electron chi connectivity index (χ4n) is 2.87. The van der Waals surface area contributed by atoms with E-state index < -0.39 is 0 Å². The summed E-state index contributed by atoms with van der Waals surface area (Å²) in [6.45, 7) is 5.42. The van der Waals surface area contributed by atoms with Gasteiger partial charge >= 0.3 is 0 Å². The van der Waals surface area contributed by atoms with E-state index >= 15 is 0 Å². The number of nitrogens with zero attached hydrogens (tertiary/aromatic N) is 2. The van der Waals surface area contributed by atoms with E-state index in [2.05, 4.69) is 35.3 Å². The second-order valence-corrected chi connectivity index (χ2v) is 6.74. The van der Waals surface area contributed by atoms with Crippen LogP contribution in [-0.4, -0.2) is 56.6 Å². The highest BCUT2D eigenvalue weighted by Crippen LogP contribution is 2.31. The van der Waals surface area contributed by atoms with Crippen molar-refractivity contribution in [3.05, 3.63) is 33.8 Å². The van der Waals surface area contributed by atoms with E-state index in [1.807, 2.05) is 12.1 Å². The minimum atomic E-state index is 0.432. The van der Waals surface area contributed by atoms with Crippen LogP contribution in [0.3, 0.4) is 0 Å². The van der Waals surface area contributed by atoms with Crippen molar-refractivity contribution in [3.63, 3.8) is 0 Å². The molecule has 1 heterocycles. The maximum atomic E-state index is 6.21. The predicted molar refractivity (Wildman–Crippen MR) is 91.4 cm³/mol. The molecule has 1 fully saturated rings. The molecule has 1 aliphatic rings. The number of benzene rings is 1. The highest BCUT2D eigenvalue weighted by molar-refractivity contribution is 6.42. The van der Waals surface area contributed by atoms with Crippen LogP contribution in [-0.2, 0) is 0 Å². The molecule has 118 valence electrons. The molecule has 5 heteroatoms. The van der Waals surface area contributed by atoms with Gasteiger partial charge in [-0.3, -0.25) is 4.90 Å². The third-order valence-electron chi connectivity index (χ3n) is 4.00. The second-order valence-electron chi connectivity index (χ2n) is 5.92. The van der Waals surface area contributed by atoms with Crippen LogP contribution in [0.2, 0.25) is 10.0 Å². The first kappa shape index (κ1) is 17.0. The summed E-state index contributed by atoms with van der Waals surface area (Å²) in [6.07, 6.45) is 2.33. The molecule has 1 saturated heterocycles. The summed E-state index contributed by atoms with van der Waals surface area (Å²) < 4.78 is 0. The number of halogens is 2. The molecule has 21 heavy (non-hydrogen) atoms. The van der Waals surface area contributed by atoms with Gasteiger partial charge in [-0.25, -0.2) is 0 Å². The van der Waals surface area contributed by atoms with Gasteiger partial charge in [0, 0.05) is 32.2 Å². The van der Waals surface area contributed by atoms with Crippen LogP contribution in [0.1, 0.15) is 24.4 Å². The minimum absolute atomic E-state index is 0.432. The lowest BCUT2D eigenvalue weighted by atomic mass is 9.99. The molecule has 0 saturated carbocycles. The van der Waals surface area contributed by atoms with Crippen molar-refractivity contribution in [2.45, 2.75) is 18.9 Å². The Balaban J connectivity index is 2.11. The molecule has 2 rings (SSSR count). The lowest BCUT2D eigenvalue weighted by Crippen LogP contribution is -2.45. The van der Waals surface area contributed by atoms with E-state index in [-0.39, 0.29) is 0 Å². The lowest BCUT2D eigenvalue weighted by molar-refractivity contribution is 0.160. The van der Waals surface area contributed by atoms with Gasteiger partial charge in [0.25, 0.3) is 0 Å². The molecule has 1 aliphatic heterocycles. The molecule has 1 aromatic carbocycles. The van der Waals surface area contributed by atoms with Crippen LogP contribution in [0.15, 0.2) is 18.2 Å². The SMILES string of the molecule is CN(C)CCCC(c1ccc(Cl)c(Cl)c1)N1CCNCC1. The third-order valence-corrected chi connectivity index (χ3v) is 4.74. The standard InChI is InChI=1S/C16H25Cl2N3/c1-20(2)9-3-4-16(21-10-7-19-8-11-21)13-5-6-14(17)15(18)12-13/h5-6,12,16,19H,3-4,7-11H2,1-2H3. The Bertz CT molecular complexity index is 445. The summed E-state index contributed by atoms with van der Waals surface area (Å²) >= 11 is 12.3. The first-order chi connectivity index (χ1) is 10.1. The smallest absolute Gasteiger partial charge is 0.0595 e. The van der Waals surface area contributed by atoms with Crippen molar-refractivity contribution in [2.75, 3.05) is 46.8 Å². The van der Waals surface area contributed by atoms with Crippen molar-refractivity contribution in [2.24, 2.45) is 0 Å². The van der Waals surface area contributed by atoms with E-state index in [1.54, 1.807) is 0 Å². The van der Waals surface area contributed by atoms with Crippen molar-refractivity contribution >= 4 is 23.2 Å². The average Bonchev–Trinajstić information content (AvgIpc) is 2.47. The van der Waals surface area contributed by atoms with Gasteiger partial charge in [-0.05, 0) is 51.2 Å². The normalized spacial score (nSPS) is 18.1. The summed E-state index contributed by atoms with van der Waals surface area (Å²) in [5, 5.41) is 4.71. The largest absolute Gasteiger partial charge is 0.314 e. The fraction of sp³-hybridized carbons (Fsp3) is 0.625. The molecule has 1 atom stereocenters. The van der Waals surface area contributed by atoms with Gasteiger partial charge < -0.3 is 10.2 Å². The van der Waals surface area contributed by atoms with E-state index in [1.165, 1.54) is 12.0 Å². The molecule has 0 spiro atoms. The Hall–Kier alpha value is -0.320. The minimum Gasteiger partial charge on any atom is -0.314 e. The van der Waals surface area contributed by atoms with Crippen molar-refractivity contribution < 1.29 is 0 Å². The van der Waals surface area contributed by atoms with Crippen LogP contribution in [0, 0.1) is 0 Å². The summed E-state index contributed by atoms with van der Waals surface area (Å²) in [4.78, 5) is 4.80. The summed E-state index contributed by atoms with van der Waals surface area (Å²) in [5.41, 5.74) is 1.28. The van der Waals surface area contributed by atoms with Crippen molar-refractivity contribution in [1.29, 1.82) is 0 Å². The Morgan fingerprint density at radius 2 is 1.90 bits per heavy atom. The van der Waals surface area contributed by atoms with Crippen LogP contribution in [0.5, 0.6) is 0 Å². The number of hydrogen-bond donors (Lipinski definition) is 1. The van der Waals surface area contributed by atoms with E-state index in [0.29, 0.717) is 16.1 Å². The van der Waals surface area contributed by atoms with Gasteiger partial charge in [0.2, 0.25) is 0 Å². The zero-order valence-corrected chi connectivity index (χ0v) is 14.4. The molecule has 0 aliphatic carbocycles.